The minimum atomic E-state index is -0.630. The second-order valence-corrected chi connectivity index (χ2v) is 6.99. The van der Waals surface area contributed by atoms with Crippen LogP contribution in [0.15, 0.2) is 10.6 Å². The maximum absolute atomic E-state index is 12.6. The summed E-state index contributed by atoms with van der Waals surface area (Å²) in [6.45, 7) is 1.92. The van der Waals surface area contributed by atoms with Crippen molar-refractivity contribution in [3.8, 4) is 0 Å². The largest absolute Gasteiger partial charge is 0.381 e. The van der Waals surface area contributed by atoms with E-state index in [1.807, 2.05) is 6.07 Å². The van der Waals surface area contributed by atoms with E-state index in [0.717, 1.165) is 18.5 Å². The van der Waals surface area contributed by atoms with Crippen LogP contribution in [0.5, 0.6) is 0 Å². The number of carbonyl (C=O) groups excluding carboxylic acids is 2. The van der Waals surface area contributed by atoms with Crippen molar-refractivity contribution >= 4 is 11.8 Å². The summed E-state index contributed by atoms with van der Waals surface area (Å²) in [6.07, 6.45) is 3.07. The fourth-order valence-corrected chi connectivity index (χ4v) is 3.79. The van der Waals surface area contributed by atoms with Gasteiger partial charge in [0.05, 0.1) is 24.1 Å². The van der Waals surface area contributed by atoms with Crippen molar-refractivity contribution in [2.75, 3.05) is 26.3 Å². The number of nitrogens with zero attached hydrogens (tertiary/aromatic N) is 2. The number of likely N-dealkylation sites (tertiary alicyclic amines) is 1. The normalized spacial score (nSPS) is 30.3. The molecular formula is C16H21N3O4. The molecule has 2 N–H and O–H groups in total. The van der Waals surface area contributed by atoms with E-state index in [9.17, 15) is 9.59 Å². The molecule has 1 saturated carbocycles. The molecule has 0 bridgehead atoms. The van der Waals surface area contributed by atoms with Crippen LogP contribution in [0.2, 0.25) is 0 Å². The van der Waals surface area contributed by atoms with Crippen LogP contribution in [-0.2, 0) is 20.7 Å². The summed E-state index contributed by atoms with van der Waals surface area (Å²) in [6, 6.07) is 1.88. The first-order chi connectivity index (χ1) is 11.1. The van der Waals surface area contributed by atoms with E-state index >= 15 is 0 Å². The maximum atomic E-state index is 12.6. The topological polar surface area (TPSA) is 98.7 Å². The van der Waals surface area contributed by atoms with Gasteiger partial charge in [-0.25, -0.2) is 0 Å². The molecule has 3 heterocycles. The Balaban J connectivity index is 1.45. The molecule has 1 aromatic heterocycles. The van der Waals surface area contributed by atoms with Crippen LogP contribution in [-0.4, -0.2) is 48.2 Å². The van der Waals surface area contributed by atoms with Crippen molar-refractivity contribution in [1.82, 2.24) is 10.1 Å². The summed E-state index contributed by atoms with van der Waals surface area (Å²) in [4.78, 5) is 26.3. The molecule has 23 heavy (non-hydrogen) atoms. The third kappa shape index (κ3) is 2.52. The first-order valence-electron chi connectivity index (χ1n) is 8.19. The average molecular weight is 319 g/mol. The second kappa shape index (κ2) is 5.33. The summed E-state index contributed by atoms with van der Waals surface area (Å²) >= 11 is 0. The van der Waals surface area contributed by atoms with Crippen LogP contribution in [0.3, 0.4) is 0 Å². The van der Waals surface area contributed by atoms with Crippen LogP contribution < -0.4 is 5.73 Å². The summed E-state index contributed by atoms with van der Waals surface area (Å²) in [5.41, 5.74) is 5.96. The predicted molar refractivity (Wildman–Crippen MR) is 79.3 cm³/mol. The Labute approximate surface area is 134 Å². The predicted octanol–water partition coefficient (Wildman–Crippen LogP) is 0.445. The number of rotatable bonds is 4. The van der Waals surface area contributed by atoms with Crippen molar-refractivity contribution in [3.63, 3.8) is 0 Å². The van der Waals surface area contributed by atoms with E-state index < -0.39 is 5.41 Å². The zero-order chi connectivity index (χ0) is 16.0. The van der Waals surface area contributed by atoms with E-state index in [-0.39, 0.29) is 24.2 Å². The molecule has 2 saturated heterocycles. The first-order valence-corrected chi connectivity index (χ1v) is 8.19. The Kier molecular flexibility index (Phi) is 3.41. The van der Waals surface area contributed by atoms with Gasteiger partial charge in [-0.2, -0.15) is 0 Å². The Morgan fingerprint density at radius 2 is 2.26 bits per heavy atom. The lowest BCUT2D eigenvalue weighted by Gasteiger charge is -2.34. The van der Waals surface area contributed by atoms with Gasteiger partial charge in [0.2, 0.25) is 11.8 Å². The van der Waals surface area contributed by atoms with Crippen LogP contribution in [0, 0.1) is 11.3 Å². The van der Waals surface area contributed by atoms with Gasteiger partial charge < -0.3 is 19.9 Å². The van der Waals surface area contributed by atoms with E-state index in [1.165, 1.54) is 0 Å². The zero-order valence-electron chi connectivity index (χ0n) is 13.0. The molecule has 3 fully saturated rings. The molecule has 1 aliphatic carbocycles. The molecule has 0 unspecified atom stereocenters. The van der Waals surface area contributed by atoms with Gasteiger partial charge in [-0.3, -0.25) is 9.59 Å². The third-order valence-electron chi connectivity index (χ3n) is 5.45. The van der Waals surface area contributed by atoms with Gasteiger partial charge in [-0.05, 0) is 19.3 Å². The molecule has 3 aliphatic rings. The number of primary amides is 1. The Hall–Kier alpha value is -1.89. The Bertz CT molecular complexity index is 639. The highest BCUT2D eigenvalue weighted by atomic mass is 16.5. The third-order valence-corrected chi connectivity index (χ3v) is 5.45. The van der Waals surface area contributed by atoms with E-state index in [0.29, 0.717) is 44.4 Å². The molecule has 1 aromatic rings. The van der Waals surface area contributed by atoms with E-state index in [2.05, 4.69) is 5.16 Å². The Morgan fingerprint density at radius 1 is 1.43 bits per heavy atom. The molecule has 4 rings (SSSR count). The van der Waals surface area contributed by atoms with Crippen molar-refractivity contribution in [3.05, 3.63) is 17.5 Å². The smallest absolute Gasteiger partial charge is 0.230 e. The van der Waals surface area contributed by atoms with Crippen LogP contribution in [0.4, 0.5) is 0 Å². The van der Waals surface area contributed by atoms with E-state index in [1.54, 1.807) is 4.90 Å². The monoisotopic (exact) mass is 319 g/mol. The lowest BCUT2D eigenvalue weighted by atomic mass is 9.74. The van der Waals surface area contributed by atoms with Crippen LogP contribution >= 0.6 is 0 Å². The molecular weight excluding hydrogens is 298 g/mol. The van der Waals surface area contributed by atoms with Crippen molar-refractivity contribution in [1.29, 1.82) is 0 Å². The quantitative estimate of drug-likeness (QED) is 0.868. The summed E-state index contributed by atoms with van der Waals surface area (Å²) in [5.74, 6) is 0.730. The SMILES string of the molecule is NC(=O)[C@]12CCOC[C@H]1CN(C(=O)Cc1cc(C3CC3)no1)C2. The molecule has 7 nitrogen and oxygen atoms in total. The zero-order valence-corrected chi connectivity index (χ0v) is 13.0. The van der Waals surface area contributed by atoms with Gasteiger partial charge in [-0.15, -0.1) is 0 Å². The van der Waals surface area contributed by atoms with Gasteiger partial charge in [0.1, 0.15) is 5.76 Å². The van der Waals surface area contributed by atoms with Gasteiger partial charge in [-0.1, -0.05) is 5.16 Å². The molecule has 2 aliphatic heterocycles. The molecule has 7 heteroatoms. The molecule has 2 atom stereocenters. The standard InChI is InChI=1S/C16H21N3O4/c17-15(21)16-3-4-22-8-11(16)7-19(9-16)14(20)6-12-5-13(18-23-12)10-1-2-10/h5,10-11H,1-4,6-9H2,(H2,17,21)/t11-,16+/m1/s1. The fourth-order valence-electron chi connectivity index (χ4n) is 3.79. The lowest BCUT2D eigenvalue weighted by molar-refractivity contribution is -0.136. The number of hydrogen-bond acceptors (Lipinski definition) is 5. The minimum Gasteiger partial charge on any atom is -0.381 e. The van der Waals surface area contributed by atoms with Gasteiger partial charge in [0.15, 0.2) is 0 Å². The van der Waals surface area contributed by atoms with Gasteiger partial charge in [0, 0.05) is 37.6 Å². The number of hydrogen-bond donors (Lipinski definition) is 1. The van der Waals surface area contributed by atoms with Crippen molar-refractivity contribution < 1.29 is 18.8 Å². The number of carbonyl (C=O) groups is 2. The highest BCUT2D eigenvalue weighted by molar-refractivity contribution is 5.85. The number of aromatic nitrogens is 1. The number of fused-ring (bicyclic) bond motifs is 1. The van der Waals surface area contributed by atoms with Crippen LogP contribution in [0.25, 0.3) is 0 Å². The van der Waals surface area contributed by atoms with Crippen molar-refractivity contribution in [2.24, 2.45) is 17.1 Å². The number of ether oxygens (including phenoxy) is 1. The maximum Gasteiger partial charge on any atom is 0.230 e. The molecule has 0 aromatic carbocycles. The molecule has 0 spiro atoms. The Morgan fingerprint density at radius 3 is 2.96 bits per heavy atom. The minimum absolute atomic E-state index is 0.00514. The van der Waals surface area contributed by atoms with E-state index in [4.69, 9.17) is 15.0 Å². The summed E-state index contributed by atoms with van der Waals surface area (Å²) < 4.78 is 10.7. The highest BCUT2D eigenvalue weighted by Gasteiger charge is 2.53. The number of amides is 2. The number of nitrogens with two attached hydrogens (primary N) is 1. The molecule has 124 valence electrons. The van der Waals surface area contributed by atoms with Crippen molar-refractivity contribution in [2.45, 2.75) is 31.6 Å². The first kappa shape index (κ1) is 14.7. The highest BCUT2D eigenvalue weighted by Crippen LogP contribution is 2.42. The fraction of sp³-hybridized carbons (Fsp3) is 0.688. The molecule has 0 radical (unpaired) electrons. The van der Waals surface area contributed by atoms with Gasteiger partial charge in [0.25, 0.3) is 0 Å². The molecule has 2 amide bonds. The van der Waals surface area contributed by atoms with Crippen LogP contribution in [0.1, 0.15) is 36.6 Å². The lowest BCUT2D eigenvalue weighted by Crippen LogP contribution is -2.48. The van der Waals surface area contributed by atoms with Gasteiger partial charge >= 0.3 is 0 Å². The average Bonchev–Trinajstić information content (AvgIpc) is 3.14. The second-order valence-electron chi connectivity index (χ2n) is 6.99. The summed E-state index contributed by atoms with van der Waals surface area (Å²) in [5, 5.41) is 4.03. The summed E-state index contributed by atoms with van der Waals surface area (Å²) in [7, 11) is 0.